The lowest BCUT2D eigenvalue weighted by Crippen LogP contribution is -2.42. The predicted octanol–water partition coefficient (Wildman–Crippen LogP) is 4.40. The molecule has 0 spiro atoms. The summed E-state index contributed by atoms with van der Waals surface area (Å²) in [6, 6.07) is 8.47. The van der Waals surface area contributed by atoms with Crippen molar-refractivity contribution in [1.82, 2.24) is 14.8 Å². The highest BCUT2D eigenvalue weighted by Crippen LogP contribution is 2.34. The molecule has 0 saturated carbocycles. The molecule has 9 heteroatoms. The second-order valence-electron chi connectivity index (χ2n) is 6.30. The van der Waals surface area contributed by atoms with Gasteiger partial charge in [-0.25, -0.2) is 0 Å². The molecule has 1 aliphatic heterocycles. The number of anilines is 1. The van der Waals surface area contributed by atoms with E-state index in [1.54, 1.807) is 46.1 Å². The molecule has 0 fully saturated rings. The molecule has 1 aliphatic rings. The third-order valence-corrected chi connectivity index (χ3v) is 5.27. The van der Waals surface area contributed by atoms with Gasteiger partial charge in [0.25, 0.3) is 5.91 Å². The van der Waals surface area contributed by atoms with E-state index >= 15 is 0 Å². The van der Waals surface area contributed by atoms with Gasteiger partial charge in [0.1, 0.15) is 11.4 Å². The topological polar surface area (TPSA) is 68.1 Å². The number of aromatic nitrogens is 3. The molecule has 1 atom stereocenters. The van der Waals surface area contributed by atoms with Gasteiger partial charge in [0, 0.05) is 24.0 Å². The van der Waals surface area contributed by atoms with E-state index in [0.29, 0.717) is 51.1 Å². The number of carbonyl (C=O) groups is 2. The first-order valence-corrected chi connectivity index (χ1v) is 9.01. The summed E-state index contributed by atoms with van der Waals surface area (Å²) in [5, 5.41) is 5.21. The molecule has 1 aromatic carbocycles. The molecular weight excluding hydrogens is 419 g/mol. The zero-order valence-electron chi connectivity index (χ0n) is 14.8. The van der Waals surface area contributed by atoms with Gasteiger partial charge in [-0.05, 0) is 42.8 Å². The smallest absolute Gasteiger partial charge is 0.277 e. The standard InChI is InChI=1S/C19H14Cl2N4O2.H2S/c1-11-9-24(14-2-3-16(20)17(21)7-14)19(27)18-15(8-23-25(11)18)12-4-5-22-13(6-12)10-26;/h2-8,10-11H,9H2,1H3;1H2/t11-;/m0./s1. The minimum Gasteiger partial charge on any atom is -0.305 e. The van der Waals surface area contributed by atoms with Gasteiger partial charge in [-0.1, -0.05) is 23.2 Å². The van der Waals surface area contributed by atoms with Gasteiger partial charge in [0.15, 0.2) is 6.29 Å². The molecule has 1 amide bonds. The molecule has 28 heavy (non-hydrogen) atoms. The molecule has 0 radical (unpaired) electrons. The molecule has 0 unspecified atom stereocenters. The molecule has 4 rings (SSSR count). The fraction of sp³-hybridized carbons (Fsp3) is 0.158. The summed E-state index contributed by atoms with van der Waals surface area (Å²) in [7, 11) is 0. The summed E-state index contributed by atoms with van der Waals surface area (Å²) in [5.41, 5.74) is 2.79. The van der Waals surface area contributed by atoms with Crippen molar-refractivity contribution in [2.75, 3.05) is 11.4 Å². The lowest BCUT2D eigenvalue weighted by atomic mass is 10.0. The summed E-state index contributed by atoms with van der Waals surface area (Å²) in [6.07, 6.45) is 3.86. The number of rotatable bonds is 3. The Bertz CT molecular complexity index is 1070. The van der Waals surface area contributed by atoms with Crippen molar-refractivity contribution in [3.63, 3.8) is 0 Å². The van der Waals surface area contributed by atoms with Gasteiger partial charge >= 0.3 is 0 Å². The van der Waals surface area contributed by atoms with Crippen LogP contribution in [0.5, 0.6) is 0 Å². The molecule has 0 N–H and O–H groups in total. The van der Waals surface area contributed by atoms with Crippen molar-refractivity contribution >= 4 is 54.6 Å². The summed E-state index contributed by atoms with van der Waals surface area (Å²) in [6.45, 7) is 2.45. The normalized spacial score (nSPS) is 15.8. The number of aldehydes is 1. The quantitative estimate of drug-likeness (QED) is 0.572. The van der Waals surface area contributed by atoms with Gasteiger partial charge in [-0.3, -0.25) is 19.3 Å². The minimum atomic E-state index is -0.191. The van der Waals surface area contributed by atoms with Crippen LogP contribution < -0.4 is 4.90 Å². The number of hydrogen-bond donors (Lipinski definition) is 0. The molecule has 3 aromatic rings. The van der Waals surface area contributed by atoms with Gasteiger partial charge in [0.2, 0.25) is 0 Å². The van der Waals surface area contributed by atoms with Crippen LogP contribution in [0.4, 0.5) is 5.69 Å². The average molecular weight is 435 g/mol. The monoisotopic (exact) mass is 434 g/mol. The van der Waals surface area contributed by atoms with Crippen molar-refractivity contribution < 1.29 is 9.59 Å². The van der Waals surface area contributed by atoms with Gasteiger partial charge in [-0.2, -0.15) is 18.6 Å². The number of hydrogen-bond acceptors (Lipinski definition) is 4. The van der Waals surface area contributed by atoms with Crippen LogP contribution in [-0.2, 0) is 0 Å². The van der Waals surface area contributed by atoms with Crippen LogP contribution >= 0.6 is 36.7 Å². The van der Waals surface area contributed by atoms with Crippen LogP contribution in [0, 0.1) is 0 Å². The van der Waals surface area contributed by atoms with Crippen LogP contribution in [0.1, 0.15) is 33.9 Å². The fourth-order valence-corrected chi connectivity index (χ4v) is 3.52. The molecule has 0 bridgehead atoms. The summed E-state index contributed by atoms with van der Waals surface area (Å²) >= 11 is 12.1. The molecule has 6 nitrogen and oxygen atoms in total. The van der Waals surface area contributed by atoms with Crippen molar-refractivity contribution in [3.05, 3.63) is 64.2 Å². The molecule has 144 valence electrons. The third kappa shape index (κ3) is 3.41. The molecular formula is C19H16Cl2N4O2S. The SMILES string of the molecule is C[C@H]1CN(c2ccc(Cl)c(Cl)c2)C(=O)c2c(-c3ccnc(C=O)c3)cnn21.S. The first-order chi connectivity index (χ1) is 13.0. The zero-order chi connectivity index (χ0) is 19.1. The zero-order valence-corrected chi connectivity index (χ0v) is 17.3. The summed E-state index contributed by atoms with van der Waals surface area (Å²) < 4.78 is 1.71. The van der Waals surface area contributed by atoms with E-state index in [1.807, 2.05) is 6.92 Å². The Balaban J connectivity index is 0.00000225. The number of pyridine rings is 1. The summed E-state index contributed by atoms with van der Waals surface area (Å²) in [4.78, 5) is 30.0. The molecule has 2 aromatic heterocycles. The van der Waals surface area contributed by atoms with Gasteiger partial charge in [-0.15, -0.1) is 0 Å². The highest BCUT2D eigenvalue weighted by molar-refractivity contribution is 7.59. The third-order valence-electron chi connectivity index (χ3n) is 4.54. The highest BCUT2D eigenvalue weighted by Gasteiger charge is 2.33. The second-order valence-corrected chi connectivity index (χ2v) is 7.12. The van der Waals surface area contributed by atoms with Crippen LogP contribution in [0.3, 0.4) is 0 Å². The number of benzene rings is 1. The van der Waals surface area contributed by atoms with E-state index < -0.39 is 0 Å². The van der Waals surface area contributed by atoms with E-state index in [9.17, 15) is 9.59 Å². The Morgan fingerprint density at radius 3 is 2.68 bits per heavy atom. The molecule has 0 saturated heterocycles. The van der Waals surface area contributed by atoms with Crippen LogP contribution in [-0.4, -0.2) is 33.5 Å². The fourth-order valence-electron chi connectivity index (χ4n) is 3.23. The van der Waals surface area contributed by atoms with E-state index in [2.05, 4.69) is 10.1 Å². The first-order valence-electron chi connectivity index (χ1n) is 8.25. The molecule has 3 heterocycles. The van der Waals surface area contributed by atoms with E-state index in [1.165, 1.54) is 6.20 Å². The van der Waals surface area contributed by atoms with Crippen LogP contribution in [0.25, 0.3) is 11.1 Å². The first kappa shape index (κ1) is 20.4. The number of halogens is 2. The maximum absolute atomic E-state index is 13.3. The number of nitrogens with zero attached hydrogens (tertiary/aromatic N) is 4. The van der Waals surface area contributed by atoms with Crippen molar-refractivity contribution in [3.8, 4) is 11.1 Å². The Morgan fingerprint density at radius 2 is 1.96 bits per heavy atom. The van der Waals surface area contributed by atoms with E-state index in [0.717, 1.165) is 0 Å². The maximum Gasteiger partial charge on any atom is 0.277 e. The lowest BCUT2D eigenvalue weighted by molar-refractivity contribution is 0.0954. The minimum absolute atomic E-state index is 0. The predicted molar refractivity (Wildman–Crippen MR) is 114 cm³/mol. The highest BCUT2D eigenvalue weighted by atomic mass is 35.5. The number of fused-ring (bicyclic) bond motifs is 1. The Kier molecular flexibility index (Phi) is 5.79. The Hall–Kier alpha value is -2.35. The van der Waals surface area contributed by atoms with Crippen LogP contribution in [0.2, 0.25) is 10.0 Å². The average Bonchev–Trinajstić information content (AvgIpc) is 3.13. The van der Waals surface area contributed by atoms with Crippen molar-refractivity contribution in [2.24, 2.45) is 0 Å². The Morgan fingerprint density at radius 1 is 1.18 bits per heavy atom. The van der Waals surface area contributed by atoms with E-state index in [4.69, 9.17) is 23.2 Å². The maximum atomic E-state index is 13.3. The van der Waals surface area contributed by atoms with Crippen molar-refractivity contribution in [1.29, 1.82) is 0 Å². The largest absolute Gasteiger partial charge is 0.305 e. The van der Waals surface area contributed by atoms with Crippen molar-refractivity contribution in [2.45, 2.75) is 13.0 Å². The second kappa shape index (κ2) is 7.95. The van der Waals surface area contributed by atoms with E-state index in [-0.39, 0.29) is 25.4 Å². The summed E-state index contributed by atoms with van der Waals surface area (Å²) in [5.74, 6) is -0.191. The molecule has 0 aliphatic carbocycles. The van der Waals surface area contributed by atoms with Gasteiger partial charge in [0.05, 0.1) is 22.3 Å². The number of carbonyl (C=O) groups excluding carboxylic acids is 2. The van der Waals surface area contributed by atoms with Gasteiger partial charge < -0.3 is 4.90 Å². The van der Waals surface area contributed by atoms with Crippen LogP contribution in [0.15, 0.2) is 42.7 Å². The lowest BCUT2D eigenvalue weighted by Gasteiger charge is -2.32. The Labute approximate surface area is 178 Å². The number of amides is 1.